The average molecular weight is 259 g/mol. The molecule has 2 aromatic heterocycles. The molecule has 1 aromatic carbocycles. The van der Waals surface area contributed by atoms with Gasteiger partial charge < -0.3 is 10.1 Å². The van der Waals surface area contributed by atoms with E-state index in [0.717, 1.165) is 27.3 Å². The minimum absolute atomic E-state index is 0.724. The molecule has 0 radical (unpaired) electrons. The number of aromatic amines is 1. The SMILES string of the molecule is CC(C)(O)c1nc(-c2ccc3nc[nH]c3c2)cs1. The van der Waals surface area contributed by atoms with Crippen LogP contribution in [0.15, 0.2) is 29.9 Å². The first kappa shape index (κ1) is 11.4. The molecular formula is C13H13N3OS. The molecule has 0 atom stereocenters. The molecule has 0 bridgehead atoms. The molecule has 0 unspecified atom stereocenters. The van der Waals surface area contributed by atoms with Crippen LogP contribution in [0.5, 0.6) is 0 Å². The third-order valence-corrected chi connectivity index (χ3v) is 3.90. The summed E-state index contributed by atoms with van der Waals surface area (Å²) in [6.07, 6.45) is 1.68. The van der Waals surface area contributed by atoms with Crippen LogP contribution in [0.1, 0.15) is 18.9 Å². The monoisotopic (exact) mass is 259 g/mol. The second kappa shape index (κ2) is 3.90. The van der Waals surface area contributed by atoms with Gasteiger partial charge in [-0.25, -0.2) is 9.97 Å². The zero-order valence-corrected chi connectivity index (χ0v) is 11.0. The maximum absolute atomic E-state index is 9.92. The summed E-state index contributed by atoms with van der Waals surface area (Å²) in [5.41, 5.74) is 2.95. The number of rotatable bonds is 2. The number of fused-ring (bicyclic) bond motifs is 1. The minimum atomic E-state index is -0.888. The molecule has 3 rings (SSSR count). The predicted molar refractivity (Wildman–Crippen MR) is 72.4 cm³/mol. The van der Waals surface area contributed by atoms with Gasteiger partial charge in [0, 0.05) is 10.9 Å². The molecule has 0 amide bonds. The zero-order chi connectivity index (χ0) is 12.8. The smallest absolute Gasteiger partial charge is 0.124 e. The van der Waals surface area contributed by atoms with Crippen LogP contribution in [0.3, 0.4) is 0 Å². The summed E-state index contributed by atoms with van der Waals surface area (Å²) in [6, 6.07) is 5.97. The van der Waals surface area contributed by atoms with E-state index < -0.39 is 5.60 Å². The Bertz CT molecular complexity index is 693. The molecule has 0 aliphatic carbocycles. The van der Waals surface area contributed by atoms with Crippen molar-refractivity contribution >= 4 is 22.4 Å². The molecule has 3 aromatic rings. The van der Waals surface area contributed by atoms with Gasteiger partial charge in [0.1, 0.15) is 10.6 Å². The molecule has 0 saturated carbocycles. The number of thiazole rings is 1. The molecule has 0 fully saturated rings. The number of imidazole rings is 1. The molecule has 0 aliphatic rings. The van der Waals surface area contributed by atoms with Crippen molar-refractivity contribution in [3.05, 3.63) is 34.9 Å². The molecule has 92 valence electrons. The summed E-state index contributed by atoms with van der Waals surface area (Å²) in [5, 5.41) is 12.6. The Hall–Kier alpha value is -1.72. The van der Waals surface area contributed by atoms with E-state index in [1.807, 2.05) is 23.6 Å². The van der Waals surface area contributed by atoms with Crippen LogP contribution in [0.4, 0.5) is 0 Å². The van der Waals surface area contributed by atoms with Crippen molar-refractivity contribution in [2.75, 3.05) is 0 Å². The third kappa shape index (κ3) is 1.91. The van der Waals surface area contributed by atoms with Crippen LogP contribution in [0, 0.1) is 0 Å². The van der Waals surface area contributed by atoms with Crippen LogP contribution in [-0.4, -0.2) is 20.1 Å². The molecule has 0 aliphatic heterocycles. The van der Waals surface area contributed by atoms with Crippen molar-refractivity contribution in [3.8, 4) is 11.3 Å². The van der Waals surface area contributed by atoms with Crippen LogP contribution >= 0.6 is 11.3 Å². The number of nitrogens with one attached hydrogen (secondary N) is 1. The lowest BCUT2D eigenvalue weighted by Crippen LogP contribution is -2.14. The molecule has 0 spiro atoms. The molecule has 2 heterocycles. The summed E-state index contributed by atoms with van der Waals surface area (Å²) in [6.45, 7) is 3.49. The first-order chi connectivity index (χ1) is 8.54. The van der Waals surface area contributed by atoms with Gasteiger partial charge in [0.15, 0.2) is 0 Å². The van der Waals surface area contributed by atoms with Gasteiger partial charge in [-0.3, -0.25) is 0 Å². The molecule has 2 N–H and O–H groups in total. The van der Waals surface area contributed by atoms with E-state index in [2.05, 4.69) is 15.0 Å². The Labute approximate surface area is 108 Å². The van der Waals surface area contributed by atoms with Gasteiger partial charge in [-0.1, -0.05) is 6.07 Å². The minimum Gasteiger partial charge on any atom is -0.383 e. The fourth-order valence-corrected chi connectivity index (χ4v) is 2.63. The normalized spacial score (nSPS) is 12.2. The number of nitrogens with zero attached hydrogens (tertiary/aromatic N) is 2. The number of hydrogen-bond donors (Lipinski definition) is 2. The van der Waals surface area contributed by atoms with E-state index >= 15 is 0 Å². The number of aliphatic hydroxyl groups is 1. The van der Waals surface area contributed by atoms with E-state index in [0.29, 0.717) is 0 Å². The van der Waals surface area contributed by atoms with Crippen LogP contribution in [0.25, 0.3) is 22.3 Å². The van der Waals surface area contributed by atoms with Gasteiger partial charge in [0.05, 0.1) is 23.1 Å². The number of H-pyrrole nitrogens is 1. The molecular weight excluding hydrogens is 246 g/mol. The number of benzene rings is 1. The Morgan fingerprint density at radius 2 is 2.17 bits per heavy atom. The van der Waals surface area contributed by atoms with E-state index in [-0.39, 0.29) is 0 Å². The summed E-state index contributed by atoms with van der Waals surface area (Å²) in [4.78, 5) is 11.7. The standard InChI is InChI=1S/C13H13N3OS/c1-13(2,17)12-16-11(6-18-12)8-3-4-9-10(5-8)15-7-14-9/h3-7,17H,1-2H3,(H,14,15). The van der Waals surface area contributed by atoms with E-state index in [9.17, 15) is 5.11 Å². The first-order valence-electron chi connectivity index (χ1n) is 5.66. The second-order valence-electron chi connectivity index (χ2n) is 4.73. The average Bonchev–Trinajstić information content (AvgIpc) is 2.96. The Balaban J connectivity index is 2.06. The van der Waals surface area contributed by atoms with E-state index in [1.54, 1.807) is 20.2 Å². The Morgan fingerprint density at radius 1 is 1.33 bits per heavy atom. The highest BCUT2D eigenvalue weighted by Gasteiger charge is 2.20. The van der Waals surface area contributed by atoms with Crippen molar-refractivity contribution in [1.29, 1.82) is 0 Å². The lowest BCUT2D eigenvalue weighted by Gasteiger charge is -2.12. The second-order valence-corrected chi connectivity index (χ2v) is 5.59. The Morgan fingerprint density at radius 3 is 2.89 bits per heavy atom. The number of aromatic nitrogens is 3. The fraction of sp³-hybridized carbons (Fsp3) is 0.231. The maximum atomic E-state index is 9.92. The van der Waals surface area contributed by atoms with Gasteiger partial charge in [-0.05, 0) is 26.0 Å². The van der Waals surface area contributed by atoms with Crippen molar-refractivity contribution in [2.24, 2.45) is 0 Å². The van der Waals surface area contributed by atoms with Crippen molar-refractivity contribution in [1.82, 2.24) is 15.0 Å². The van der Waals surface area contributed by atoms with E-state index in [1.165, 1.54) is 11.3 Å². The van der Waals surface area contributed by atoms with Gasteiger partial charge in [-0.15, -0.1) is 11.3 Å². The molecule has 0 saturated heterocycles. The van der Waals surface area contributed by atoms with Crippen LogP contribution in [0.2, 0.25) is 0 Å². The molecule has 18 heavy (non-hydrogen) atoms. The van der Waals surface area contributed by atoms with Crippen molar-refractivity contribution in [2.45, 2.75) is 19.4 Å². The van der Waals surface area contributed by atoms with Crippen molar-refractivity contribution < 1.29 is 5.11 Å². The first-order valence-corrected chi connectivity index (χ1v) is 6.54. The maximum Gasteiger partial charge on any atom is 0.124 e. The highest BCUT2D eigenvalue weighted by Crippen LogP contribution is 2.29. The lowest BCUT2D eigenvalue weighted by atomic mass is 10.1. The lowest BCUT2D eigenvalue weighted by molar-refractivity contribution is 0.0783. The highest BCUT2D eigenvalue weighted by molar-refractivity contribution is 7.10. The predicted octanol–water partition coefficient (Wildman–Crippen LogP) is 2.91. The molecule has 5 heteroatoms. The highest BCUT2D eigenvalue weighted by atomic mass is 32.1. The quantitative estimate of drug-likeness (QED) is 0.744. The van der Waals surface area contributed by atoms with E-state index in [4.69, 9.17) is 0 Å². The van der Waals surface area contributed by atoms with Crippen LogP contribution in [-0.2, 0) is 5.60 Å². The van der Waals surface area contributed by atoms with Gasteiger partial charge >= 0.3 is 0 Å². The zero-order valence-electron chi connectivity index (χ0n) is 10.1. The van der Waals surface area contributed by atoms with Gasteiger partial charge in [-0.2, -0.15) is 0 Å². The number of hydrogen-bond acceptors (Lipinski definition) is 4. The van der Waals surface area contributed by atoms with Gasteiger partial charge in [0.25, 0.3) is 0 Å². The van der Waals surface area contributed by atoms with Gasteiger partial charge in [0.2, 0.25) is 0 Å². The topological polar surface area (TPSA) is 61.8 Å². The molecule has 4 nitrogen and oxygen atoms in total. The summed E-state index contributed by atoms with van der Waals surface area (Å²) >= 11 is 1.47. The fourth-order valence-electron chi connectivity index (χ4n) is 1.78. The summed E-state index contributed by atoms with van der Waals surface area (Å²) < 4.78 is 0. The summed E-state index contributed by atoms with van der Waals surface area (Å²) in [5.74, 6) is 0. The Kier molecular flexibility index (Phi) is 2.46. The third-order valence-electron chi connectivity index (χ3n) is 2.74. The largest absolute Gasteiger partial charge is 0.383 e. The van der Waals surface area contributed by atoms with Crippen LogP contribution < -0.4 is 0 Å². The van der Waals surface area contributed by atoms with Crippen molar-refractivity contribution in [3.63, 3.8) is 0 Å². The summed E-state index contributed by atoms with van der Waals surface area (Å²) in [7, 11) is 0.